The fourth-order valence-corrected chi connectivity index (χ4v) is 2.71. The molecule has 2 aromatic rings. The third kappa shape index (κ3) is 3.13. The Bertz CT molecular complexity index is 807. The molecule has 1 amide bonds. The minimum absolute atomic E-state index is 0.0310. The van der Waals surface area contributed by atoms with Crippen LogP contribution in [0.1, 0.15) is 47.0 Å². The fourth-order valence-electron chi connectivity index (χ4n) is 2.71. The number of benzene rings is 2. The number of cyclic esters (lactones) is 1. The molecule has 2 aromatic carbocycles. The summed E-state index contributed by atoms with van der Waals surface area (Å²) in [6.07, 6.45) is -0.664. The Labute approximate surface area is 137 Å². The van der Waals surface area contributed by atoms with Gasteiger partial charge in [0.25, 0.3) is 0 Å². The van der Waals surface area contributed by atoms with E-state index in [-0.39, 0.29) is 12.3 Å². The molecule has 1 heterocycles. The lowest BCUT2D eigenvalue weighted by Crippen LogP contribution is -2.28. The summed E-state index contributed by atoms with van der Waals surface area (Å²) in [5.74, 6) is -2.70. The molecule has 0 saturated carbocycles. The highest BCUT2D eigenvalue weighted by Gasteiger charge is 2.32. The maximum absolute atomic E-state index is 13.3. The summed E-state index contributed by atoms with van der Waals surface area (Å²) in [6.45, 7) is 1.67. The lowest BCUT2D eigenvalue weighted by Gasteiger charge is -2.16. The molecule has 0 aromatic heterocycles. The molecular weight excluding hydrogens is 316 g/mol. The van der Waals surface area contributed by atoms with Gasteiger partial charge in [0.15, 0.2) is 11.6 Å². The number of amides is 1. The first-order valence-corrected chi connectivity index (χ1v) is 7.50. The summed E-state index contributed by atoms with van der Waals surface area (Å²) in [6, 6.07) is 9.88. The molecule has 24 heavy (non-hydrogen) atoms. The number of hydrogen-bond donors (Lipinski definition) is 1. The van der Waals surface area contributed by atoms with Crippen LogP contribution in [0.15, 0.2) is 42.5 Å². The Balaban J connectivity index is 1.66. The fraction of sp³-hybridized carbons (Fsp3) is 0.222. The predicted molar refractivity (Wildman–Crippen MR) is 82.1 cm³/mol. The standard InChI is InChI=1S/C18H15F2NO3/c1-10(11-6-7-14(19)15(20)8-11)21-17(22)9-16-12-4-2-3-5-13(12)18(23)24-16/h2-8,10,16H,9H2,1H3,(H,21,22)/t10-,16+/m1/s1. The molecule has 1 aliphatic heterocycles. The van der Waals surface area contributed by atoms with E-state index in [1.165, 1.54) is 6.07 Å². The van der Waals surface area contributed by atoms with E-state index in [1.807, 2.05) is 0 Å². The van der Waals surface area contributed by atoms with E-state index in [0.717, 1.165) is 12.1 Å². The SMILES string of the molecule is C[C@@H](NC(=O)C[C@@H]1OC(=O)c2ccccc21)c1ccc(F)c(F)c1. The zero-order chi connectivity index (χ0) is 17.3. The first-order valence-electron chi connectivity index (χ1n) is 7.50. The molecule has 3 rings (SSSR count). The average molecular weight is 331 g/mol. The molecule has 0 bridgehead atoms. The maximum atomic E-state index is 13.3. The number of hydrogen-bond acceptors (Lipinski definition) is 3. The van der Waals surface area contributed by atoms with Gasteiger partial charge < -0.3 is 10.1 Å². The number of ether oxygens (including phenoxy) is 1. The summed E-state index contributed by atoms with van der Waals surface area (Å²) in [7, 11) is 0. The first kappa shape index (κ1) is 16.1. The van der Waals surface area contributed by atoms with E-state index >= 15 is 0 Å². The molecular formula is C18H15F2NO3. The first-order chi connectivity index (χ1) is 11.5. The molecule has 0 spiro atoms. The predicted octanol–water partition coefficient (Wildman–Crippen LogP) is 3.44. The molecule has 1 aliphatic rings. The average Bonchev–Trinajstić information content (AvgIpc) is 2.86. The van der Waals surface area contributed by atoms with Crippen LogP contribution in [0, 0.1) is 11.6 Å². The molecule has 4 nitrogen and oxygen atoms in total. The number of rotatable bonds is 4. The molecule has 2 atom stereocenters. The van der Waals surface area contributed by atoms with Gasteiger partial charge in [-0.25, -0.2) is 13.6 Å². The number of halogens is 2. The van der Waals surface area contributed by atoms with Gasteiger partial charge in [0, 0.05) is 5.56 Å². The van der Waals surface area contributed by atoms with Crippen molar-refractivity contribution >= 4 is 11.9 Å². The molecule has 124 valence electrons. The molecule has 0 aliphatic carbocycles. The maximum Gasteiger partial charge on any atom is 0.339 e. The Morgan fingerprint density at radius 3 is 2.71 bits per heavy atom. The van der Waals surface area contributed by atoms with Crippen molar-refractivity contribution in [2.45, 2.75) is 25.5 Å². The minimum Gasteiger partial charge on any atom is -0.453 e. The Morgan fingerprint density at radius 2 is 1.96 bits per heavy atom. The van der Waals surface area contributed by atoms with Crippen LogP contribution >= 0.6 is 0 Å². The second kappa shape index (κ2) is 6.39. The minimum atomic E-state index is -0.966. The highest BCUT2D eigenvalue weighted by atomic mass is 19.2. The zero-order valence-corrected chi connectivity index (χ0v) is 12.9. The molecule has 0 saturated heterocycles. The summed E-state index contributed by atoms with van der Waals surface area (Å²) < 4.78 is 31.4. The van der Waals surface area contributed by atoms with Crippen LogP contribution in [0.5, 0.6) is 0 Å². The largest absolute Gasteiger partial charge is 0.453 e. The number of fused-ring (bicyclic) bond motifs is 1. The molecule has 1 N–H and O–H groups in total. The molecule has 6 heteroatoms. The lowest BCUT2D eigenvalue weighted by atomic mass is 10.0. The van der Waals surface area contributed by atoms with Crippen molar-refractivity contribution in [3.8, 4) is 0 Å². The van der Waals surface area contributed by atoms with E-state index in [2.05, 4.69) is 5.32 Å². The summed E-state index contributed by atoms with van der Waals surface area (Å²) in [5, 5.41) is 2.70. The van der Waals surface area contributed by atoms with Gasteiger partial charge in [-0.15, -0.1) is 0 Å². The number of nitrogens with one attached hydrogen (secondary N) is 1. The number of carbonyl (C=O) groups excluding carboxylic acids is 2. The second-order valence-electron chi connectivity index (χ2n) is 5.65. The third-order valence-corrected chi connectivity index (χ3v) is 3.97. The van der Waals surface area contributed by atoms with Crippen LogP contribution in [-0.4, -0.2) is 11.9 Å². The second-order valence-corrected chi connectivity index (χ2v) is 5.65. The summed E-state index contributed by atoms with van der Waals surface area (Å²) >= 11 is 0. The Hall–Kier alpha value is -2.76. The van der Waals surface area contributed by atoms with Crippen LogP contribution < -0.4 is 5.32 Å². The number of esters is 1. The van der Waals surface area contributed by atoms with Crippen LogP contribution in [0.2, 0.25) is 0 Å². The van der Waals surface area contributed by atoms with Gasteiger partial charge in [-0.3, -0.25) is 4.79 Å². The zero-order valence-electron chi connectivity index (χ0n) is 12.9. The van der Waals surface area contributed by atoms with E-state index in [9.17, 15) is 18.4 Å². The Kier molecular flexibility index (Phi) is 4.29. The normalized spacial score (nSPS) is 17.1. The van der Waals surface area contributed by atoms with Crippen molar-refractivity contribution in [2.75, 3.05) is 0 Å². The quantitative estimate of drug-likeness (QED) is 0.873. The summed E-state index contributed by atoms with van der Waals surface area (Å²) in [4.78, 5) is 23.9. The monoisotopic (exact) mass is 331 g/mol. The highest BCUT2D eigenvalue weighted by Crippen LogP contribution is 2.32. The van der Waals surface area contributed by atoms with Gasteiger partial charge in [-0.2, -0.15) is 0 Å². The topological polar surface area (TPSA) is 55.4 Å². The Morgan fingerprint density at radius 1 is 1.21 bits per heavy atom. The van der Waals surface area contributed by atoms with Crippen LogP contribution in [0.4, 0.5) is 8.78 Å². The molecule has 0 unspecified atom stereocenters. The van der Waals surface area contributed by atoms with Crippen LogP contribution in [-0.2, 0) is 9.53 Å². The van der Waals surface area contributed by atoms with Crippen molar-refractivity contribution < 1.29 is 23.1 Å². The van der Waals surface area contributed by atoms with Gasteiger partial charge in [-0.1, -0.05) is 24.3 Å². The van der Waals surface area contributed by atoms with Gasteiger partial charge in [0.05, 0.1) is 18.0 Å². The van der Waals surface area contributed by atoms with Gasteiger partial charge >= 0.3 is 5.97 Å². The summed E-state index contributed by atoms with van der Waals surface area (Å²) in [5.41, 5.74) is 1.59. The van der Waals surface area contributed by atoms with Crippen LogP contribution in [0.25, 0.3) is 0 Å². The van der Waals surface area contributed by atoms with E-state index in [4.69, 9.17) is 4.74 Å². The molecule has 0 fully saturated rings. The van der Waals surface area contributed by atoms with Gasteiger partial charge in [0.2, 0.25) is 5.91 Å². The lowest BCUT2D eigenvalue weighted by molar-refractivity contribution is -0.123. The number of carbonyl (C=O) groups is 2. The van der Waals surface area contributed by atoms with Crippen molar-refractivity contribution in [1.29, 1.82) is 0 Å². The highest BCUT2D eigenvalue weighted by molar-refractivity contribution is 5.94. The smallest absolute Gasteiger partial charge is 0.339 e. The van der Waals surface area contributed by atoms with E-state index in [0.29, 0.717) is 16.7 Å². The van der Waals surface area contributed by atoms with Crippen LogP contribution in [0.3, 0.4) is 0 Å². The van der Waals surface area contributed by atoms with Crippen molar-refractivity contribution in [3.63, 3.8) is 0 Å². The van der Waals surface area contributed by atoms with Crippen molar-refractivity contribution in [1.82, 2.24) is 5.32 Å². The van der Waals surface area contributed by atoms with Gasteiger partial charge in [0.1, 0.15) is 6.10 Å². The molecule has 0 radical (unpaired) electrons. The van der Waals surface area contributed by atoms with Gasteiger partial charge in [-0.05, 0) is 30.7 Å². The van der Waals surface area contributed by atoms with Crippen molar-refractivity contribution in [2.24, 2.45) is 0 Å². The van der Waals surface area contributed by atoms with E-state index in [1.54, 1.807) is 31.2 Å². The van der Waals surface area contributed by atoms with E-state index < -0.39 is 29.7 Å². The van der Waals surface area contributed by atoms with Crippen molar-refractivity contribution in [3.05, 3.63) is 70.8 Å². The third-order valence-electron chi connectivity index (χ3n) is 3.97.